The maximum atomic E-state index is 12.0. The lowest BCUT2D eigenvalue weighted by Crippen LogP contribution is -2.48. The molecule has 6 nitrogen and oxygen atoms in total. The minimum Gasteiger partial charge on any atom is -0.466 e. The van der Waals surface area contributed by atoms with E-state index < -0.39 is 18.1 Å². The first-order valence-corrected chi connectivity index (χ1v) is 7.92. The van der Waals surface area contributed by atoms with Crippen molar-refractivity contribution in [2.75, 3.05) is 6.61 Å². The summed E-state index contributed by atoms with van der Waals surface area (Å²) in [5, 5.41) is 12.5. The topological polar surface area (TPSA) is 84.9 Å². The summed E-state index contributed by atoms with van der Waals surface area (Å²) < 4.78 is 10.2. The largest absolute Gasteiger partial charge is 0.466 e. The molecule has 0 spiro atoms. The number of carbonyl (C=O) groups is 2. The Morgan fingerprint density at radius 3 is 2.65 bits per heavy atom. The fourth-order valence-corrected chi connectivity index (χ4v) is 2.75. The van der Waals surface area contributed by atoms with E-state index in [-0.39, 0.29) is 25.2 Å². The normalized spacial score (nSPS) is 23.8. The Morgan fingerprint density at radius 1 is 1.22 bits per heavy atom. The molecule has 0 aliphatic heterocycles. The zero-order valence-electron chi connectivity index (χ0n) is 13.2. The number of amides is 1. The van der Waals surface area contributed by atoms with E-state index in [1.54, 1.807) is 6.92 Å². The molecule has 0 bridgehead atoms. The molecule has 1 fully saturated rings. The quantitative estimate of drug-likeness (QED) is 0.810. The molecule has 126 valence electrons. The fourth-order valence-electron chi connectivity index (χ4n) is 2.75. The zero-order valence-corrected chi connectivity index (χ0v) is 13.2. The predicted molar refractivity (Wildman–Crippen MR) is 83.5 cm³/mol. The number of hydrogen-bond donors (Lipinski definition) is 2. The zero-order chi connectivity index (χ0) is 16.7. The third kappa shape index (κ3) is 5.25. The first kappa shape index (κ1) is 17.3. The molecule has 0 aromatic heterocycles. The molecular weight excluding hydrogens is 298 g/mol. The SMILES string of the molecule is CCOC(=O)C1CC(O)CCC1NC(=O)OCc1ccccc1. The molecule has 1 aliphatic carbocycles. The van der Waals surface area contributed by atoms with Gasteiger partial charge in [0.05, 0.1) is 18.6 Å². The summed E-state index contributed by atoms with van der Waals surface area (Å²) in [7, 11) is 0. The van der Waals surface area contributed by atoms with Crippen LogP contribution in [0.15, 0.2) is 30.3 Å². The van der Waals surface area contributed by atoms with E-state index in [4.69, 9.17) is 9.47 Å². The van der Waals surface area contributed by atoms with Crippen molar-refractivity contribution in [1.82, 2.24) is 5.32 Å². The molecule has 0 heterocycles. The van der Waals surface area contributed by atoms with Gasteiger partial charge in [-0.1, -0.05) is 30.3 Å². The highest BCUT2D eigenvalue weighted by Gasteiger charge is 2.36. The van der Waals surface area contributed by atoms with E-state index in [1.165, 1.54) is 0 Å². The van der Waals surface area contributed by atoms with Crippen LogP contribution in [0.3, 0.4) is 0 Å². The number of aliphatic hydroxyl groups is 1. The molecule has 6 heteroatoms. The van der Waals surface area contributed by atoms with Crippen LogP contribution in [0.2, 0.25) is 0 Å². The van der Waals surface area contributed by atoms with E-state index in [1.807, 2.05) is 30.3 Å². The molecule has 1 aromatic rings. The van der Waals surface area contributed by atoms with Crippen LogP contribution in [0.25, 0.3) is 0 Å². The average Bonchev–Trinajstić information content (AvgIpc) is 2.56. The lowest BCUT2D eigenvalue weighted by molar-refractivity contribution is -0.151. The second-order valence-electron chi connectivity index (χ2n) is 5.64. The van der Waals surface area contributed by atoms with Crippen LogP contribution in [0, 0.1) is 5.92 Å². The summed E-state index contributed by atoms with van der Waals surface area (Å²) in [5.41, 5.74) is 0.892. The van der Waals surface area contributed by atoms with Crippen molar-refractivity contribution >= 4 is 12.1 Å². The Morgan fingerprint density at radius 2 is 1.96 bits per heavy atom. The van der Waals surface area contributed by atoms with Gasteiger partial charge in [0.25, 0.3) is 0 Å². The van der Waals surface area contributed by atoms with Crippen molar-refractivity contribution in [3.8, 4) is 0 Å². The maximum absolute atomic E-state index is 12.0. The van der Waals surface area contributed by atoms with E-state index in [0.717, 1.165) is 5.56 Å². The molecule has 1 aromatic carbocycles. The van der Waals surface area contributed by atoms with Gasteiger partial charge in [0, 0.05) is 6.04 Å². The van der Waals surface area contributed by atoms with Crippen LogP contribution < -0.4 is 5.32 Å². The van der Waals surface area contributed by atoms with Crippen LogP contribution in [0.5, 0.6) is 0 Å². The lowest BCUT2D eigenvalue weighted by atomic mass is 9.83. The Hall–Kier alpha value is -2.08. The van der Waals surface area contributed by atoms with Crippen LogP contribution in [0.4, 0.5) is 4.79 Å². The number of hydrogen-bond acceptors (Lipinski definition) is 5. The molecule has 1 saturated carbocycles. The monoisotopic (exact) mass is 321 g/mol. The predicted octanol–water partition coefficient (Wildman–Crippen LogP) is 2.01. The third-order valence-electron chi connectivity index (χ3n) is 3.93. The summed E-state index contributed by atoms with van der Waals surface area (Å²) in [4.78, 5) is 23.9. The van der Waals surface area contributed by atoms with E-state index in [9.17, 15) is 14.7 Å². The van der Waals surface area contributed by atoms with Gasteiger partial charge in [-0.3, -0.25) is 4.79 Å². The highest BCUT2D eigenvalue weighted by atomic mass is 16.5. The van der Waals surface area contributed by atoms with Crippen LogP contribution >= 0.6 is 0 Å². The van der Waals surface area contributed by atoms with E-state index in [0.29, 0.717) is 19.3 Å². The van der Waals surface area contributed by atoms with E-state index >= 15 is 0 Å². The molecule has 23 heavy (non-hydrogen) atoms. The molecule has 3 unspecified atom stereocenters. The van der Waals surface area contributed by atoms with Gasteiger partial charge in [0.15, 0.2) is 0 Å². The highest BCUT2D eigenvalue weighted by Crippen LogP contribution is 2.26. The van der Waals surface area contributed by atoms with Gasteiger partial charge in [0.1, 0.15) is 6.61 Å². The van der Waals surface area contributed by atoms with Gasteiger partial charge >= 0.3 is 12.1 Å². The average molecular weight is 321 g/mol. The van der Waals surface area contributed by atoms with Crippen LogP contribution in [-0.2, 0) is 20.9 Å². The number of rotatable bonds is 5. The number of benzene rings is 1. The van der Waals surface area contributed by atoms with Gasteiger partial charge in [-0.2, -0.15) is 0 Å². The molecule has 2 rings (SSSR count). The minimum absolute atomic E-state index is 0.173. The molecule has 3 atom stereocenters. The Balaban J connectivity index is 1.88. The Bertz CT molecular complexity index is 519. The number of esters is 1. The third-order valence-corrected chi connectivity index (χ3v) is 3.93. The summed E-state index contributed by atoms with van der Waals surface area (Å²) in [5.74, 6) is -0.928. The summed E-state index contributed by atoms with van der Waals surface area (Å²) in [6.45, 7) is 2.18. The number of alkyl carbamates (subject to hydrolysis) is 1. The van der Waals surface area contributed by atoms with E-state index in [2.05, 4.69) is 5.32 Å². The van der Waals surface area contributed by atoms with Crippen LogP contribution in [-0.4, -0.2) is 35.9 Å². The molecule has 2 N–H and O–H groups in total. The number of nitrogens with one attached hydrogen (secondary N) is 1. The molecule has 1 amide bonds. The van der Waals surface area contributed by atoms with Crippen molar-refractivity contribution in [1.29, 1.82) is 0 Å². The first-order chi connectivity index (χ1) is 11.1. The summed E-state index contributed by atoms with van der Waals surface area (Å²) >= 11 is 0. The van der Waals surface area contributed by atoms with Crippen molar-refractivity contribution in [2.24, 2.45) is 5.92 Å². The molecule has 1 aliphatic rings. The second-order valence-corrected chi connectivity index (χ2v) is 5.64. The number of aliphatic hydroxyl groups excluding tert-OH is 1. The standard InChI is InChI=1S/C17H23NO5/c1-2-22-16(20)14-10-13(19)8-9-15(14)18-17(21)23-11-12-6-4-3-5-7-12/h3-7,13-15,19H,2,8-11H2,1H3,(H,18,21). The smallest absolute Gasteiger partial charge is 0.407 e. The summed E-state index contributed by atoms with van der Waals surface area (Å²) in [6, 6.07) is 8.99. The van der Waals surface area contributed by atoms with Crippen LogP contribution in [0.1, 0.15) is 31.7 Å². The first-order valence-electron chi connectivity index (χ1n) is 7.92. The van der Waals surface area contributed by atoms with Crippen molar-refractivity contribution in [3.05, 3.63) is 35.9 Å². The maximum Gasteiger partial charge on any atom is 0.407 e. The van der Waals surface area contributed by atoms with Crippen molar-refractivity contribution < 1.29 is 24.2 Å². The fraction of sp³-hybridized carbons (Fsp3) is 0.529. The summed E-state index contributed by atoms with van der Waals surface area (Å²) in [6.07, 6.45) is 0.250. The van der Waals surface area contributed by atoms with Gasteiger partial charge in [-0.15, -0.1) is 0 Å². The van der Waals surface area contributed by atoms with Gasteiger partial charge < -0.3 is 19.9 Å². The van der Waals surface area contributed by atoms with Gasteiger partial charge in [0.2, 0.25) is 0 Å². The van der Waals surface area contributed by atoms with Gasteiger partial charge in [-0.25, -0.2) is 4.79 Å². The lowest BCUT2D eigenvalue weighted by Gasteiger charge is -2.32. The highest BCUT2D eigenvalue weighted by molar-refractivity contribution is 5.75. The van der Waals surface area contributed by atoms with Gasteiger partial charge in [-0.05, 0) is 31.7 Å². The van der Waals surface area contributed by atoms with Crippen molar-refractivity contribution in [3.63, 3.8) is 0 Å². The number of carbonyl (C=O) groups excluding carboxylic acids is 2. The molecule has 0 saturated heterocycles. The number of ether oxygens (including phenoxy) is 2. The van der Waals surface area contributed by atoms with Crippen molar-refractivity contribution in [2.45, 2.75) is 44.9 Å². The Labute approximate surface area is 135 Å². The molecular formula is C17H23NO5. The minimum atomic E-state index is -0.565. The second kappa shape index (κ2) is 8.53. The molecule has 0 radical (unpaired) electrons. The Kier molecular flexibility index (Phi) is 6.40.